The third kappa shape index (κ3) is 2.34. The second kappa shape index (κ2) is 5.50. The van der Waals surface area contributed by atoms with Gasteiger partial charge in [-0.15, -0.1) is 0 Å². The molecule has 1 unspecified atom stereocenters. The maximum absolute atomic E-state index is 12.5. The molecule has 0 aliphatic carbocycles. The van der Waals surface area contributed by atoms with E-state index in [1.165, 1.54) is 9.80 Å². The molecule has 1 aliphatic rings. The lowest BCUT2D eigenvalue weighted by Gasteiger charge is -2.31. The molecule has 1 aliphatic heterocycles. The molecule has 0 aromatic heterocycles. The number of aliphatic hydroxyl groups is 1. The molecule has 6 nitrogen and oxygen atoms in total. The second-order valence-corrected chi connectivity index (χ2v) is 4.98. The van der Waals surface area contributed by atoms with E-state index >= 15 is 0 Å². The number of hydrogen-bond donors (Lipinski definition) is 2. The van der Waals surface area contributed by atoms with E-state index in [2.05, 4.69) is 0 Å². The van der Waals surface area contributed by atoms with Crippen molar-refractivity contribution < 1.29 is 19.8 Å². The summed E-state index contributed by atoms with van der Waals surface area (Å²) in [7, 11) is 1.56. The highest BCUT2D eigenvalue weighted by Gasteiger charge is 2.40. The minimum absolute atomic E-state index is 0.171. The maximum Gasteiger partial charge on any atom is 0.327 e. The average molecular weight is 278 g/mol. The highest BCUT2D eigenvalue weighted by atomic mass is 16.4. The van der Waals surface area contributed by atoms with E-state index in [1.807, 2.05) is 12.1 Å². The molecule has 0 saturated heterocycles. The molecule has 0 radical (unpaired) electrons. The predicted octanol–water partition coefficient (Wildman–Crippen LogP) is 0.935. The predicted molar refractivity (Wildman–Crippen MR) is 73.8 cm³/mol. The zero-order valence-corrected chi connectivity index (χ0v) is 11.5. The molecule has 108 valence electrons. The van der Waals surface area contributed by atoms with Gasteiger partial charge in [-0.25, -0.2) is 9.59 Å². The van der Waals surface area contributed by atoms with Gasteiger partial charge in [-0.1, -0.05) is 18.2 Å². The summed E-state index contributed by atoms with van der Waals surface area (Å²) < 4.78 is 0. The number of carbonyl (C=O) groups excluding carboxylic acids is 1. The Kier molecular flexibility index (Phi) is 3.94. The first-order chi connectivity index (χ1) is 9.47. The van der Waals surface area contributed by atoms with Crippen LogP contribution in [0.2, 0.25) is 0 Å². The average Bonchev–Trinajstić information content (AvgIpc) is 2.84. The molecule has 0 spiro atoms. The number of benzene rings is 1. The minimum atomic E-state index is -1.03. The number of nitrogens with zero attached hydrogens (tertiary/aromatic N) is 2. The molecule has 6 heteroatoms. The zero-order valence-electron chi connectivity index (χ0n) is 11.5. The van der Waals surface area contributed by atoms with Crippen molar-refractivity contribution in [3.8, 4) is 0 Å². The van der Waals surface area contributed by atoms with E-state index in [1.54, 1.807) is 26.1 Å². The summed E-state index contributed by atoms with van der Waals surface area (Å²) in [5.41, 5.74) is 1.47. The van der Waals surface area contributed by atoms with Crippen LogP contribution in [0.5, 0.6) is 0 Å². The van der Waals surface area contributed by atoms with Crippen LogP contribution in [0, 0.1) is 0 Å². The Morgan fingerprint density at radius 3 is 2.70 bits per heavy atom. The molecule has 0 bridgehead atoms. The molecule has 2 amide bonds. The Balaban J connectivity index is 2.36. The van der Waals surface area contributed by atoms with Crippen LogP contribution in [0.3, 0.4) is 0 Å². The van der Waals surface area contributed by atoms with E-state index in [0.29, 0.717) is 12.1 Å². The van der Waals surface area contributed by atoms with Crippen LogP contribution in [0.1, 0.15) is 12.5 Å². The minimum Gasteiger partial charge on any atom is -0.480 e. The van der Waals surface area contributed by atoms with Crippen molar-refractivity contribution in [1.82, 2.24) is 4.90 Å². The molecular formula is C14H18N2O4. The summed E-state index contributed by atoms with van der Waals surface area (Å²) in [6.07, 6.45) is 0.304. The fraction of sp³-hybridized carbons (Fsp3) is 0.429. The standard InChI is InChI=1S/C14H18N2O4/c1-9(8-17)15(2)14(20)16-11-6-4-3-5-10(11)7-12(16)13(18)19/h3-6,9,12,17H,7-8H2,1-2H3,(H,18,19)/t9?,12-/m0/s1. The number of carbonyl (C=O) groups is 2. The van der Waals surface area contributed by atoms with Gasteiger partial charge in [0.05, 0.1) is 12.6 Å². The van der Waals surface area contributed by atoms with Crippen LogP contribution in [0.4, 0.5) is 10.5 Å². The summed E-state index contributed by atoms with van der Waals surface area (Å²) in [5.74, 6) is -1.03. The van der Waals surface area contributed by atoms with Gasteiger partial charge >= 0.3 is 12.0 Å². The number of hydrogen-bond acceptors (Lipinski definition) is 3. The Hall–Kier alpha value is -2.08. The number of aliphatic hydroxyl groups excluding tert-OH is 1. The normalized spacial score (nSPS) is 18.6. The number of carboxylic acids is 1. The topological polar surface area (TPSA) is 81.1 Å². The van der Waals surface area contributed by atoms with Crippen molar-refractivity contribution in [2.45, 2.75) is 25.4 Å². The summed E-state index contributed by atoms with van der Waals surface area (Å²) in [6.45, 7) is 1.53. The number of amides is 2. The number of urea groups is 1. The van der Waals surface area contributed by atoms with Gasteiger partial charge in [0.1, 0.15) is 6.04 Å². The largest absolute Gasteiger partial charge is 0.480 e. The first-order valence-corrected chi connectivity index (χ1v) is 6.45. The van der Waals surface area contributed by atoms with Crippen LogP contribution in [-0.2, 0) is 11.2 Å². The quantitative estimate of drug-likeness (QED) is 0.862. The Morgan fingerprint density at radius 2 is 2.10 bits per heavy atom. The van der Waals surface area contributed by atoms with E-state index < -0.39 is 18.0 Å². The van der Waals surface area contributed by atoms with Crippen molar-refractivity contribution in [3.63, 3.8) is 0 Å². The molecule has 20 heavy (non-hydrogen) atoms. The zero-order chi connectivity index (χ0) is 14.9. The van der Waals surface area contributed by atoms with Gasteiger partial charge in [0.2, 0.25) is 0 Å². The molecule has 1 aromatic carbocycles. The van der Waals surface area contributed by atoms with Crippen molar-refractivity contribution in [3.05, 3.63) is 29.8 Å². The number of carboxylic acid groups (broad SMARTS) is 1. The van der Waals surface area contributed by atoms with Crippen LogP contribution in [0.15, 0.2) is 24.3 Å². The van der Waals surface area contributed by atoms with Crippen molar-refractivity contribution in [2.75, 3.05) is 18.6 Å². The summed E-state index contributed by atoms with van der Waals surface area (Å²) in [6, 6.07) is 5.49. The SMILES string of the molecule is CC(CO)N(C)C(=O)N1c2ccccc2C[C@H]1C(=O)O. The molecule has 2 N–H and O–H groups in total. The molecule has 0 saturated carbocycles. The lowest BCUT2D eigenvalue weighted by molar-refractivity contribution is -0.138. The van der Waals surface area contributed by atoms with Crippen LogP contribution in [0.25, 0.3) is 0 Å². The number of fused-ring (bicyclic) bond motifs is 1. The van der Waals surface area contributed by atoms with Crippen molar-refractivity contribution in [2.24, 2.45) is 0 Å². The van der Waals surface area contributed by atoms with Gasteiger partial charge in [0.15, 0.2) is 0 Å². The van der Waals surface area contributed by atoms with E-state index in [4.69, 9.17) is 5.11 Å². The van der Waals surface area contributed by atoms with Crippen molar-refractivity contribution in [1.29, 1.82) is 0 Å². The molecule has 2 atom stereocenters. The fourth-order valence-electron chi connectivity index (χ4n) is 2.30. The van der Waals surface area contributed by atoms with Crippen LogP contribution >= 0.6 is 0 Å². The summed E-state index contributed by atoms with van der Waals surface area (Å²) >= 11 is 0. The van der Waals surface area contributed by atoms with Gasteiger partial charge < -0.3 is 15.1 Å². The number of para-hydroxylation sites is 1. The van der Waals surface area contributed by atoms with Crippen LogP contribution in [-0.4, -0.2) is 52.9 Å². The monoisotopic (exact) mass is 278 g/mol. The first-order valence-electron chi connectivity index (χ1n) is 6.45. The number of likely N-dealkylation sites (N-methyl/N-ethyl adjacent to an activating group) is 1. The molecule has 0 fully saturated rings. The first kappa shape index (κ1) is 14.3. The third-order valence-electron chi connectivity index (χ3n) is 3.69. The second-order valence-electron chi connectivity index (χ2n) is 4.98. The maximum atomic E-state index is 12.5. The van der Waals surface area contributed by atoms with Crippen molar-refractivity contribution >= 4 is 17.7 Å². The summed E-state index contributed by atoms with van der Waals surface area (Å²) in [5, 5.41) is 18.5. The number of rotatable bonds is 3. The molecule has 1 aromatic rings. The van der Waals surface area contributed by atoms with Gasteiger partial charge in [-0.3, -0.25) is 4.90 Å². The van der Waals surface area contributed by atoms with Gasteiger partial charge in [-0.05, 0) is 18.6 Å². The van der Waals surface area contributed by atoms with Crippen LogP contribution < -0.4 is 4.90 Å². The number of aliphatic carboxylic acids is 1. The lowest BCUT2D eigenvalue weighted by atomic mass is 10.1. The van der Waals surface area contributed by atoms with Gasteiger partial charge in [0.25, 0.3) is 0 Å². The Morgan fingerprint density at radius 1 is 1.45 bits per heavy atom. The van der Waals surface area contributed by atoms with E-state index in [0.717, 1.165) is 5.56 Å². The number of anilines is 1. The lowest BCUT2D eigenvalue weighted by Crippen LogP contribution is -2.51. The molecule has 1 heterocycles. The van der Waals surface area contributed by atoms with Gasteiger partial charge in [0, 0.05) is 19.2 Å². The van der Waals surface area contributed by atoms with Gasteiger partial charge in [-0.2, -0.15) is 0 Å². The molecule has 2 rings (SSSR count). The third-order valence-corrected chi connectivity index (χ3v) is 3.69. The summed E-state index contributed by atoms with van der Waals surface area (Å²) in [4.78, 5) is 26.5. The van der Waals surface area contributed by atoms with E-state index in [-0.39, 0.29) is 12.6 Å². The Labute approximate surface area is 117 Å². The fourth-order valence-corrected chi connectivity index (χ4v) is 2.30. The highest BCUT2D eigenvalue weighted by molar-refractivity contribution is 6.01. The van der Waals surface area contributed by atoms with E-state index in [9.17, 15) is 14.7 Å². The molecular weight excluding hydrogens is 260 g/mol. The highest BCUT2D eigenvalue weighted by Crippen LogP contribution is 2.33. The smallest absolute Gasteiger partial charge is 0.327 e. The Bertz CT molecular complexity index is 532.